The molecule has 1 aromatic heterocycles. The van der Waals surface area contributed by atoms with Gasteiger partial charge in [-0.05, 0) is 35.1 Å². The van der Waals surface area contributed by atoms with E-state index in [1.54, 1.807) is 59.8 Å². The number of hydrogen-bond donors (Lipinski definition) is 1. The maximum Gasteiger partial charge on any atom is 0.506 e. The molecule has 2 rings (SSSR count). The van der Waals surface area contributed by atoms with E-state index in [1.165, 1.54) is 0 Å². The van der Waals surface area contributed by atoms with Crippen molar-refractivity contribution in [2.24, 2.45) is 0 Å². The zero-order chi connectivity index (χ0) is 16.3. The fraction of sp³-hybridized carbons (Fsp3) is 0.231. The van der Waals surface area contributed by atoms with Crippen LogP contribution in [-0.2, 0) is 11.0 Å². The van der Waals surface area contributed by atoms with Gasteiger partial charge in [0, 0.05) is 0 Å². The lowest BCUT2D eigenvalue weighted by Crippen LogP contribution is -2.24. The first-order valence-corrected chi connectivity index (χ1v) is 7.20. The highest BCUT2D eigenvalue weighted by Crippen LogP contribution is 2.29. The summed E-state index contributed by atoms with van der Waals surface area (Å²) in [5.41, 5.74) is 0.733. The fourth-order valence-electron chi connectivity index (χ4n) is 1.71. The Morgan fingerprint density at radius 3 is 2.59 bits per heavy atom. The molecule has 1 atom stereocenters. The van der Waals surface area contributed by atoms with Crippen LogP contribution >= 0.6 is 22.6 Å². The summed E-state index contributed by atoms with van der Waals surface area (Å²) in [7, 11) is 0. The first kappa shape index (κ1) is 16.6. The van der Waals surface area contributed by atoms with E-state index in [-0.39, 0.29) is 8.25 Å². The van der Waals surface area contributed by atoms with E-state index in [0.29, 0.717) is 0 Å². The maximum absolute atomic E-state index is 12.7. The van der Waals surface area contributed by atoms with Crippen molar-refractivity contribution in [3.05, 3.63) is 45.7 Å². The Balaban J connectivity index is 2.09. The van der Waals surface area contributed by atoms with Crippen molar-refractivity contribution < 1.29 is 22.7 Å². The molecule has 0 aliphatic rings. The van der Waals surface area contributed by atoms with Gasteiger partial charge >= 0.3 is 12.4 Å². The minimum atomic E-state index is -4.73. The number of halogens is 4. The second-order valence-corrected chi connectivity index (χ2v) is 5.47. The Labute approximate surface area is 137 Å². The number of carbonyl (C=O) groups excluding carboxylic acids is 1. The summed E-state index contributed by atoms with van der Waals surface area (Å²) in [6.07, 6.45) is -5.30. The smallest absolute Gasteiger partial charge is 0.441 e. The molecular formula is C13H11F3IN3O2. The monoisotopic (exact) mass is 425 g/mol. The van der Waals surface area contributed by atoms with Crippen molar-refractivity contribution in [2.75, 3.05) is 5.32 Å². The second-order valence-electron chi connectivity index (χ2n) is 4.30. The van der Waals surface area contributed by atoms with Crippen molar-refractivity contribution in [3.8, 4) is 0 Å². The topological polar surface area (TPSA) is 56.1 Å². The Morgan fingerprint density at radius 2 is 2.00 bits per heavy atom. The third kappa shape index (κ3) is 3.90. The largest absolute Gasteiger partial charge is 0.506 e. The number of carbonyl (C=O) groups is 1. The van der Waals surface area contributed by atoms with Gasteiger partial charge in [0.25, 0.3) is 0 Å². The van der Waals surface area contributed by atoms with E-state index in [4.69, 9.17) is 4.74 Å². The van der Waals surface area contributed by atoms with E-state index in [2.05, 4.69) is 10.4 Å². The van der Waals surface area contributed by atoms with Crippen molar-refractivity contribution in [1.82, 2.24) is 9.78 Å². The average molecular weight is 425 g/mol. The lowest BCUT2D eigenvalue weighted by atomic mass is 10.1. The highest BCUT2D eigenvalue weighted by atomic mass is 127. The van der Waals surface area contributed by atoms with Gasteiger partial charge in [-0.1, -0.05) is 30.3 Å². The van der Waals surface area contributed by atoms with E-state index < -0.39 is 24.3 Å². The predicted octanol–water partition coefficient (Wildman–Crippen LogP) is 4.27. The van der Waals surface area contributed by atoms with Crippen LogP contribution in [0.25, 0.3) is 0 Å². The van der Waals surface area contributed by atoms with Crippen LogP contribution in [0, 0.1) is 3.57 Å². The number of hydrogen-bond acceptors (Lipinski definition) is 3. The van der Waals surface area contributed by atoms with Gasteiger partial charge in [0.05, 0.1) is 9.77 Å². The van der Waals surface area contributed by atoms with Crippen molar-refractivity contribution >= 4 is 34.5 Å². The quantitative estimate of drug-likeness (QED) is 0.748. The van der Waals surface area contributed by atoms with E-state index in [9.17, 15) is 18.0 Å². The van der Waals surface area contributed by atoms with Crippen LogP contribution in [0.3, 0.4) is 0 Å². The molecule has 9 heteroatoms. The van der Waals surface area contributed by atoms with E-state index in [0.717, 1.165) is 11.8 Å². The number of amides is 1. The predicted molar refractivity (Wildman–Crippen MR) is 81.2 cm³/mol. The molecule has 1 amide bonds. The van der Waals surface area contributed by atoms with Crippen LogP contribution in [0.4, 0.5) is 23.8 Å². The van der Waals surface area contributed by atoms with E-state index in [1.807, 2.05) is 0 Å². The highest BCUT2D eigenvalue weighted by molar-refractivity contribution is 14.1. The molecule has 0 aliphatic heterocycles. The number of rotatable bonds is 3. The highest BCUT2D eigenvalue weighted by Gasteiger charge is 2.36. The Morgan fingerprint density at radius 1 is 1.36 bits per heavy atom. The summed E-state index contributed by atoms with van der Waals surface area (Å²) in [5.74, 6) is -0.474. The molecule has 0 fully saturated rings. The average Bonchev–Trinajstić information content (AvgIpc) is 2.81. The minimum absolute atomic E-state index is 0.152. The first-order valence-electron chi connectivity index (χ1n) is 6.12. The molecule has 118 valence electrons. The summed E-state index contributed by atoms with van der Waals surface area (Å²) in [6.45, 7) is 1.63. The molecule has 0 radical (unpaired) electrons. The summed E-state index contributed by atoms with van der Waals surface area (Å²) in [4.78, 5) is 11.8. The number of anilines is 1. The van der Waals surface area contributed by atoms with Gasteiger partial charge in [0.1, 0.15) is 6.10 Å². The van der Waals surface area contributed by atoms with Gasteiger partial charge in [0.15, 0.2) is 5.82 Å². The Bertz CT molecular complexity index is 658. The first-order chi connectivity index (χ1) is 10.3. The molecule has 5 nitrogen and oxygen atoms in total. The van der Waals surface area contributed by atoms with Crippen molar-refractivity contribution in [3.63, 3.8) is 0 Å². The zero-order valence-electron chi connectivity index (χ0n) is 11.3. The summed E-state index contributed by atoms with van der Waals surface area (Å²) >= 11 is 1.65. The van der Waals surface area contributed by atoms with Crippen LogP contribution < -0.4 is 5.32 Å². The maximum atomic E-state index is 12.7. The molecule has 0 saturated carbocycles. The molecule has 0 unspecified atom stereocenters. The summed E-state index contributed by atoms with van der Waals surface area (Å²) < 4.78 is 43.2. The number of alkyl halides is 3. The molecule has 1 heterocycles. The number of nitrogens with zero attached hydrogens (tertiary/aromatic N) is 2. The number of ether oxygens (including phenoxy) is 1. The van der Waals surface area contributed by atoms with Crippen LogP contribution in [0.2, 0.25) is 0 Å². The standard InChI is InChI=1S/C13H11F3IN3O2/c1-8(9-5-3-2-4-6-9)22-12(21)19-11-10(17)7-18-20(11)13(14,15)16/h2-8H,1H3,(H,19,21)/t8-/m1/s1. The van der Waals surface area contributed by atoms with Crippen LogP contribution in [0.5, 0.6) is 0 Å². The van der Waals surface area contributed by atoms with Gasteiger partial charge < -0.3 is 4.74 Å². The van der Waals surface area contributed by atoms with Gasteiger partial charge in [-0.3, -0.25) is 5.32 Å². The van der Waals surface area contributed by atoms with Gasteiger partial charge in [-0.2, -0.15) is 9.78 Å². The van der Waals surface area contributed by atoms with Crippen molar-refractivity contribution in [1.29, 1.82) is 0 Å². The zero-order valence-corrected chi connectivity index (χ0v) is 13.4. The lowest BCUT2D eigenvalue weighted by molar-refractivity contribution is -0.210. The normalized spacial score (nSPS) is 12.8. The molecule has 1 aromatic carbocycles. The molecule has 0 spiro atoms. The molecule has 22 heavy (non-hydrogen) atoms. The van der Waals surface area contributed by atoms with Gasteiger partial charge in [-0.15, -0.1) is 13.2 Å². The molecule has 1 N–H and O–H groups in total. The van der Waals surface area contributed by atoms with Crippen LogP contribution in [0.15, 0.2) is 36.5 Å². The number of nitrogens with one attached hydrogen (secondary N) is 1. The van der Waals surface area contributed by atoms with Crippen LogP contribution in [-0.4, -0.2) is 15.9 Å². The lowest BCUT2D eigenvalue weighted by Gasteiger charge is -2.15. The number of aromatic nitrogens is 2. The van der Waals surface area contributed by atoms with Crippen molar-refractivity contribution in [2.45, 2.75) is 19.3 Å². The molecule has 0 aliphatic carbocycles. The Hall–Kier alpha value is -1.78. The Kier molecular flexibility index (Phi) is 4.94. The molecule has 0 bridgehead atoms. The summed E-state index contributed by atoms with van der Waals surface area (Å²) in [5, 5.41) is 5.27. The van der Waals surface area contributed by atoms with E-state index >= 15 is 0 Å². The molecule has 2 aromatic rings. The van der Waals surface area contributed by atoms with Crippen LogP contribution in [0.1, 0.15) is 18.6 Å². The van der Waals surface area contributed by atoms with Gasteiger partial charge in [-0.25, -0.2) is 4.79 Å². The molecule has 0 saturated heterocycles. The number of benzene rings is 1. The van der Waals surface area contributed by atoms with Gasteiger partial charge in [0.2, 0.25) is 0 Å². The SMILES string of the molecule is C[C@@H](OC(=O)Nc1c(I)cnn1C(F)(F)F)c1ccccc1. The third-order valence-electron chi connectivity index (χ3n) is 2.74. The minimum Gasteiger partial charge on any atom is -0.441 e. The third-order valence-corrected chi connectivity index (χ3v) is 3.53. The fourth-order valence-corrected chi connectivity index (χ4v) is 2.20. The summed E-state index contributed by atoms with van der Waals surface area (Å²) in [6, 6.07) is 8.85. The molecular weight excluding hydrogens is 414 g/mol. The second kappa shape index (κ2) is 6.55.